The molecule has 0 aliphatic carbocycles. The Morgan fingerprint density at radius 3 is 2.32 bits per heavy atom. The van der Waals surface area contributed by atoms with Crippen LogP contribution in [0.2, 0.25) is 6.04 Å². The fourth-order valence-corrected chi connectivity index (χ4v) is 4.42. The maximum absolute atomic E-state index is 5.93. The quantitative estimate of drug-likeness (QED) is 0.330. The van der Waals surface area contributed by atoms with Gasteiger partial charge in [-0.2, -0.15) is 0 Å². The van der Waals surface area contributed by atoms with Gasteiger partial charge in [0.15, 0.2) is 0 Å². The number of ether oxygens (including phenoxy) is 2. The van der Waals surface area contributed by atoms with Crippen LogP contribution in [0.4, 0.5) is 0 Å². The van der Waals surface area contributed by atoms with Crippen LogP contribution in [0.15, 0.2) is 0 Å². The van der Waals surface area contributed by atoms with E-state index >= 15 is 0 Å². The lowest BCUT2D eigenvalue weighted by Crippen LogP contribution is -2.45. The summed E-state index contributed by atoms with van der Waals surface area (Å²) in [5, 5.41) is 0. The van der Waals surface area contributed by atoms with Gasteiger partial charge in [0.25, 0.3) is 0 Å². The maximum Gasteiger partial charge on any atom is 0.503 e. The minimum absolute atomic E-state index is 0.275. The smallest absolute Gasteiger partial charge is 0.377 e. The van der Waals surface area contributed by atoms with E-state index in [2.05, 4.69) is 6.92 Å². The molecule has 0 spiro atoms. The summed E-state index contributed by atoms with van der Waals surface area (Å²) in [6, 6.07) is 0.769. The van der Waals surface area contributed by atoms with E-state index in [1.54, 1.807) is 14.2 Å². The van der Waals surface area contributed by atoms with Gasteiger partial charge >= 0.3 is 8.80 Å². The molecule has 5 nitrogen and oxygen atoms in total. The Morgan fingerprint density at radius 1 is 1.16 bits per heavy atom. The Kier molecular flexibility index (Phi) is 5.80. The zero-order chi connectivity index (χ0) is 13.7. The Bertz CT molecular complexity index is 264. The van der Waals surface area contributed by atoms with E-state index in [0.29, 0.717) is 18.6 Å². The summed E-state index contributed by atoms with van der Waals surface area (Å²) < 4.78 is 27.5. The Balaban J connectivity index is 1.60. The van der Waals surface area contributed by atoms with Crippen molar-refractivity contribution in [2.45, 2.75) is 44.4 Å². The molecule has 0 aromatic heterocycles. The third-order valence-corrected chi connectivity index (χ3v) is 6.58. The second-order valence-corrected chi connectivity index (χ2v) is 8.42. The highest BCUT2D eigenvalue weighted by atomic mass is 28.4. The van der Waals surface area contributed by atoms with Gasteiger partial charge in [0.05, 0.1) is 25.4 Å². The average Bonchev–Trinajstić information content (AvgIpc) is 3.29. The molecule has 0 saturated carbocycles. The van der Waals surface area contributed by atoms with Gasteiger partial charge in [-0.1, -0.05) is 6.92 Å². The summed E-state index contributed by atoms with van der Waals surface area (Å²) in [5.41, 5.74) is 0. The number of hydrogen-bond acceptors (Lipinski definition) is 5. The van der Waals surface area contributed by atoms with Gasteiger partial charge in [-0.05, 0) is 25.2 Å². The molecule has 112 valence electrons. The Labute approximate surface area is 116 Å². The summed E-state index contributed by atoms with van der Waals surface area (Å²) in [4.78, 5) is 0. The standard InChI is InChI=1S/C13H26O5Si/c1-11(7-12-8-16-12)5-4-6-18-19(14-2,15-3)10-13-9-17-13/h11-13H,4-10H2,1-3H3. The van der Waals surface area contributed by atoms with Crippen LogP contribution in [0.5, 0.6) is 0 Å². The van der Waals surface area contributed by atoms with Crippen LogP contribution in [-0.4, -0.2) is 55.1 Å². The third-order valence-electron chi connectivity index (χ3n) is 3.73. The fraction of sp³-hybridized carbons (Fsp3) is 1.00. The van der Waals surface area contributed by atoms with E-state index in [1.165, 1.54) is 6.42 Å². The summed E-state index contributed by atoms with van der Waals surface area (Å²) >= 11 is 0. The van der Waals surface area contributed by atoms with Crippen molar-refractivity contribution >= 4 is 8.80 Å². The van der Waals surface area contributed by atoms with E-state index in [0.717, 1.165) is 32.1 Å². The van der Waals surface area contributed by atoms with E-state index in [-0.39, 0.29) is 6.10 Å². The van der Waals surface area contributed by atoms with Crippen molar-refractivity contribution in [3.05, 3.63) is 0 Å². The zero-order valence-electron chi connectivity index (χ0n) is 12.2. The lowest BCUT2D eigenvalue weighted by atomic mass is 10.0. The summed E-state index contributed by atoms with van der Waals surface area (Å²) in [6.45, 7) is 4.74. The monoisotopic (exact) mass is 290 g/mol. The molecule has 0 aromatic rings. The average molecular weight is 290 g/mol. The largest absolute Gasteiger partial charge is 0.503 e. The van der Waals surface area contributed by atoms with Gasteiger partial charge in [-0.25, -0.2) is 0 Å². The van der Waals surface area contributed by atoms with Crippen molar-refractivity contribution in [1.29, 1.82) is 0 Å². The molecule has 3 unspecified atom stereocenters. The molecule has 0 radical (unpaired) electrons. The van der Waals surface area contributed by atoms with E-state index < -0.39 is 8.80 Å². The predicted molar refractivity (Wildman–Crippen MR) is 73.0 cm³/mol. The predicted octanol–water partition coefficient (Wildman–Crippen LogP) is 1.84. The first kappa shape index (κ1) is 15.4. The molecule has 2 fully saturated rings. The lowest BCUT2D eigenvalue weighted by Gasteiger charge is -2.26. The molecule has 0 bridgehead atoms. The molecule has 19 heavy (non-hydrogen) atoms. The van der Waals surface area contributed by atoms with Crippen molar-refractivity contribution in [1.82, 2.24) is 0 Å². The summed E-state index contributed by atoms with van der Waals surface area (Å²) in [6.07, 6.45) is 4.18. The molecule has 0 aromatic carbocycles. The van der Waals surface area contributed by atoms with Crippen molar-refractivity contribution in [2.75, 3.05) is 34.0 Å². The highest BCUT2D eigenvalue weighted by Gasteiger charge is 2.45. The highest BCUT2D eigenvalue weighted by Crippen LogP contribution is 2.26. The van der Waals surface area contributed by atoms with Crippen LogP contribution >= 0.6 is 0 Å². The highest BCUT2D eigenvalue weighted by molar-refractivity contribution is 6.60. The van der Waals surface area contributed by atoms with Crippen molar-refractivity contribution in [2.24, 2.45) is 5.92 Å². The van der Waals surface area contributed by atoms with Gasteiger partial charge in [0, 0.05) is 26.9 Å². The molecule has 2 saturated heterocycles. The van der Waals surface area contributed by atoms with Crippen LogP contribution < -0.4 is 0 Å². The SMILES string of the molecule is CO[Si](CC1CO1)(OC)OCCCC(C)CC1CO1. The van der Waals surface area contributed by atoms with Crippen LogP contribution in [-0.2, 0) is 22.8 Å². The van der Waals surface area contributed by atoms with Gasteiger partial charge in [0.1, 0.15) is 0 Å². The van der Waals surface area contributed by atoms with Crippen LogP contribution in [0.25, 0.3) is 0 Å². The Morgan fingerprint density at radius 2 is 1.79 bits per heavy atom. The first-order valence-electron chi connectivity index (χ1n) is 7.15. The fourth-order valence-electron chi connectivity index (χ4n) is 2.32. The molecule has 2 heterocycles. The summed E-state index contributed by atoms with van der Waals surface area (Å²) in [5.74, 6) is 0.698. The molecule has 2 aliphatic rings. The number of epoxide rings is 2. The number of hydrogen-bond donors (Lipinski definition) is 0. The second kappa shape index (κ2) is 7.15. The molecule has 0 amide bonds. The first-order valence-corrected chi connectivity index (χ1v) is 9.08. The minimum atomic E-state index is -2.49. The molecule has 2 rings (SSSR count). The number of rotatable bonds is 11. The van der Waals surface area contributed by atoms with Gasteiger partial charge in [0.2, 0.25) is 0 Å². The lowest BCUT2D eigenvalue weighted by molar-refractivity contribution is 0.0927. The Hall–Kier alpha value is 0.0169. The minimum Gasteiger partial charge on any atom is -0.377 e. The molecule has 3 atom stereocenters. The van der Waals surface area contributed by atoms with Crippen molar-refractivity contribution in [3.8, 4) is 0 Å². The first-order chi connectivity index (χ1) is 9.17. The van der Waals surface area contributed by atoms with Crippen LogP contribution in [0.1, 0.15) is 26.2 Å². The molecule has 2 aliphatic heterocycles. The normalized spacial score (nSPS) is 27.3. The maximum atomic E-state index is 5.93. The van der Waals surface area contributed by atoms with E-state index in [1.807, 2.05) is 0 Å². The van der Waals surface area contributed by atoms with Crippen LogP contribution in [0.3, 0.4) is 0 Å². The van der Waals surface area contributed by atoms with Crippen molar-refractivity contribution < 1.29 is 22.8 Å². The zero-order valence-corrected chi connectivity index (χ0v) is 13.2. The van der Waals surface area contributed by atoms with Gasteiger partial charge in [-0.15, -0.1) is 0 Å². The molecular weight excluding hydrogens is 264 g/mol. The third kappa shape index (κ3) is 5.49. The topological polar surface area (TPSA) is 52.8 Å². The van der Waals surface area contributed by atoms with E-state index in [4.69, 9.17) is 22.8 Å². The van der Waals surface area contributed by atoms with Crippen LogP contribution in [0, 0.1) is 5.92 Å². The molecule has 6 heteroatoms. The van der Waals surface area contributed by atoms with Crippen molar-refractivity contribution in [3.63, 3.8) is 0 Å². The van der Waals surface area contributed by atoms with Gasteiger partial charge in [-0.3, -0.25) is 0 Å². The summed E-state index contributed by atoms with van der Waals surface area (Å²) in [7, 11) is 0.858. The van der Waals surface area contributed by atoms with Gasteiger partial charge < -0.3 is 22.8 Å². The molecular formula is C13H26O5Si. The second-order valence-electron chi connectivity index (χ2n) is 5.54. The van der Waals surface area contributed by atoms with E-state index in [9.17, 15) is 0 Å². The molecule has 0 N–H and O–H groups in total.